The standard InChI is InChI=1S/C13H14N6O2S/c1-22(20,21)19-5-3-8(7-19)12-11-9-2-4-14-13(9)18-16-10(11)6-15-17-12/h2,4,6,8H,3,5,7H2,1H3,(H,14,18). The van der Waals surface area contributed by atoms with E-state index in [1.54, 1.807) is 12.4 Å². The second kappa shape index (κ2) is 4.68. The predicted molar refractivity (Wildman–Crippen MR) is 80.8 cm³/mol. The minimum Gasteiger partial charge on any atom is -0.345 e. The fraction of sp³-hybridized carbons (Fsp3) is 0.385. The molecule has 1 fully saturated rings. The van der Waals surface area contributed by atoms with Crippen LogP contribution < -0.4 is 0 Å². The van der Waals surface area contributed by atoms with Crippen LogP contribution in [0.5, 0.6) is 0 Å². The summed E-state index contributed by atoms with van der Waals surface area (Å²) in [5.74, 6) is 0.0215. The lowest BCUT2D eigenvalue weighted by Crippen LogP contribution is -2.27. The van der Waals surface area contributed by atoms with E-state index >= 15 is 0 Å². The lowest BCUT2D eigenvalue weighted by molar-refractivity contribution is 0.477. The van der Waals surface area contributed by atoms with Crippen LogP contribution in [0.1, 0.15) is 18.0 Å². The summed E-state index contributed by atoms with van der Waals surface area (Å²) in [4.78, 5) is 3.03. The third kappa shape index (κ3) is 2.04. The highest BCUT2D eigenvalue weighted by Gasteiger charge is 2.32. The molecule has 3 aromatic heterocycles. The Balaban J connectivity index is 1.87. The van der Waals surface area contributed by atoms with E-state index in [-0.39, 0.29) is 5.92 Å². The molecule has 1 saturated heterocycles. The molecule has 4 rings (SSSR count). The van der Waals surface area contributed by atoms with Gasteiger partial charge in [0, 0.05) is 36.0 Å². The van der Waals surface area contributed by atoms with Crippen molar-refractivity contribution in [2.75, 3.05) is 19.3 Å². The Morgan fingerprint density at radius 3 is 2.95 bits per heavy atom. The van der Waals surface area contributed by atoms with E-state index in [9.17, 15) is 8.42 Å². The average Bonchev–Trinajstić information content (AvgIpc) is 3.15. The number of fused-ring (bicyclic) bond motifs is 3. The van der Waals surface area contributed by atoms with Crippen LogP contribution in [0.2, 0.25) is 0 Å². The van der Waals surface area contributed by atoms with Crippen molar-refractivity contribution < 1.29 is 8.42 Å². The monoisotopic (exact) mass is 318 g/mol. The smallest absolute Gasteiger partial charge is 0.211 e. The highest BCUT2D eigenvalue weighted by molar-refractivity contribution is 7.88. The Labute approximate surface area is 126 Å². The maximum atomic E-state index is 11.7. The third-order valence-electron chi connectivity index (χ3n) is 4.12. The molecular weight excluding hydrogens is 304 g/mol. The molecule has 1 N–H and O–H groups in total. The molecule has 0 spiro atoms. The van der Waals surface area contributed by atoms with Gasteiger partial charge in [-0.2, -0.15) is 10.2 Å². The number of aromatic amines is 1. The molecule has 1 aliphatic heterocycles. The van der Waals surface area contributed by atoms with Crippen LogP contribution in [0.25, 0.3) is 21.9 Å². The van der Waals surface area contributed by atoms with E-state index in [2.05, 4.69) is 25.4 Å². The van der Waals surface area contributed by atoms with E-state index in [0.717, 1.165) is 22.9 Å². The van der Waals surface area contributed by atoms with Crippen molar-refractivity contribution in [1.29, 1.82) is 0 Å². The number of aromatic nitrogens is 5. The van der Waals surface area contributed by atoms with Crippen LogP contribution in [0.4, 0.5) is 0 Å². The Bertz CT molecular complexity index is 967. The quantitative estimate of drug-likeness (QED) is 0.744. The Hall–Kier alpha value is -2.13. The van der Waals surface area contributed by atoms with Crippen LogP contribution >= 0.6 is 0 Å². The minimum atomic E-state index is -3.18. The highest BCUT2D eigenvalue weighted by Crippen LogP contribution is 2.33. The van der Waals surface area contributed by atoms with E-state index in [1.165, 1.54) is 10.6 Å². The number of hydrogen-bond acceptors (Lipinski definition) is 6. The molecule has 1 atom stereocenters. The SMILES string of the molecule is CS(=O)(=O)N1CCC(c2nncc3nnc4[nH]ccc4c23)C1. The van der Waals surface area contributed by atoms with Gasteiger partial charge in [-0.25, -0.2) is 12.7 Å². The Kier molecular flexibility index (Phi) is 2.88. The fourth-order valence-electron chi connectivity index (χ4n) is 3.03. The number of nitrogens with one attached hydrogen (secondary N) is 1. The molecule has 4 heterocycles. The molecule has 0 bridgehead atoms. The van der Waals surface area contributed by atoms with Crippen molar-refractivity contribution in [3.05, 3.63) is 24.2 Å². The van der Waals surface area contributed by atoms with Crippen molar-refractivity contribution in [1.82, 2.24) is 29.7 Å². The van der Waals surface area contributed by atoms with Gasteiger partial charge in [0.15, 0.2) is 5.65 Å². The zero-order chi connectivity index (χ0) is 15.3. The van der Waals surface area contributed by atoms with Crippen molar-refractivity contribution >= 4 is 32.0 Å². The van der Waals surface area contributed by atoms with Crippen LogP contribution in [-0.4, -0.2) is 57.4 Å². The van der Waals surface area contributed by atoms with Crippen molar-refractivity contribution in [2.24, 2.45) is 0 Å². The largest absolute Gasteiger partial charge is 0.345 e. The second-order valence-corrected chi connectivity index (χ2v) is 7.52. The number of hydrogen-bond donors (Lipinski definition) is 1. The summed E-state index contributed by atoms with van der Waals surface area (Å²) in [6, 6.07) is 1.93. The lowest BCUT2D eigenvalue weighted by Gasteiger charge is -2.13. The van der Waals surface area contributed by atoms with Crippen LogP contribution in [0.3, 0.4) is 0 Å². The summed E-state index contributed by atoms with van der Waals surface area (Å²) in [5, 5.41) is 18.4. The summed E-state index contributed by atoms with van der Waals surface area (Å²) >= 11 is 0. The first-order valence-corrected chi connectivity index (χ1v) is 8.79. The molecule has 114 valence electrons. The minimum absolute atomic E-state index is 0.0215. The molecule has 0 aliphatic carbocycles. The molecular formula is C13H14N6O2S. The molecule has 0 amide bonds. The van der Waals surface area contributed by atoms with Crippen molar-refractivity contribution in [3.63, 3.8) is 0 Å². The van der Waals surface area contributed by atoms with Gasteiger partial charge in [-0.3, -0.25) is 0 Å². The number of sulfonamides is 1. The predicted octanol–water partition coefficient (Wildman–Crippen LogP) is 0.650. The normalized spacial score (nSPS) is 20.1. The molecule has 1 unspecified atom stereocenters. The average molecular weight is 318 g/mol. The van der Waals surface area contributed by atoms with Gasteiger partial charge >= 0.3 is 0 Å². The molecule has 0 saturated carbocycles. The number of nitrogens with zero attached hydrogens (tertiary/aromatic N) is 5. The van der Waals surface area contributed by atoms with E-state index < -0.39 is 10.0 Å². The first-order chi connectivity index (χ1) is 10.5. The first kappa shape index (κ1) is 13.5. The fourth-order valence-corrected chi connectivity index (χ4v) is 3.92. The Morgan fingerprint density at radius 1 is 1.32 bits per heavy atom. The zero-order valence-corrected chi connectivity index (χ0v) is 12.7. The van der Waals surface area contributed by atoms with E-state index in [4.69, 9.17) is 0 Å². The van der Waals surface area contributed by atoms with Gasteiger partial charge in [-0.15, -0.1) is 10.2 Å². The molecule has 8 nitrogen and oxygen atoms in total. The van der Waals surface area contributed by atoms with Gasteiger partial charge in [0.1, 0.15) is 5.52 Å². The maximum Gasteiger partial charge on any atom is 0.211 e. The van der Waals surface area contributed by atoms with Gasteiger partial charge in [0.05, 0.1) is 18.1 Å². The molecule has 1 aliphatic rings. The van der Waals surface area contributed by atoms with Crippen LogP contribution in [0, 0.1) is 0 Å². The first-order valence-electron chi connectivity index (χ1n) is 6.94. The van der Waals surface area contributed by atoms with Crippen molar-refractivity contribution in [2.45, 2.75) is 12.3 Å². The summed E-state index contributed by atoms with van der Waals surface area (Å²) in [6.07, 6.45) is 5.36. The number of H-pyrrole nitrogens is 1. The topological polar surface area (TPSA) is 105 Å². The molecule has 9 heteroatoms. The summed E-state index contributed by atoms with van der Waals surface area (Å²) in [6.45, 7) is 0.942. The molecule has 3 aromatic rings. The molecule has 0 aromatic carbocycles. The number of rotatable bonds is 2. The third-order valence-corrected chi connectivity index (χ3v) is 5.39. The molecule has 0 radical (unpaired) electrons. The zero-order valence-electron chi connectivity index (χ0n) is 11.9. The van der Waals surface area contributed by atoms with Crippen LogP contribution in [-0.2, 0) is 10.0 Å². The summed E-state index contributed by atoms with van der Waals surface area (Å²) in [7, 11) is -3.18. The van der Waals surface area contributed by atoms with Crippen LogP contribution in [0.15, 0.2) is 18.5 Å². The Morgan fingerprint density at radius 2 is 2.18 bits per heavy atom. The lowest BCUT2D eigenvalue weighted by atomic mass is 10.00. The maximum absolute atomic E-state index is 11.7. The van der Waals surface area contributed by atoms with Gasteiger partial charge in [0.25, 0.3) is 0 Å². The summed E-state index contributed by atoms with van der Waals surface area (Å²) < 4.78 is 24.9. The van der Waals surface area contributed by atoms with Gasteiger partial charge in [-0.1, -0.05) is 0 Å². The summed E-state index contributed by atoms with van der Waals surface area (Å²) in [5.41, 5.74) is 2.16. The van der Waals surface area contributed by atoms with E-state index in [1.807, 2.05) is 6.07 Å². The van der Waals surface area contributed by atoms with Crippen molar-refractivity contribution in [3.8, 4) is 0 Å². The highest BCUT2D eigenvalue weighted by atomic mass is 32.2. The van der Waals surface area contributed by atoms with Gasteiger partial charge in [0.2, 0.25) is 10.0 Å². The van der Waals surface area contributed by atoms with Gasteiger partial charge in [-0.05, 0) is 12.5 Å². The van der Waals surface area contributed by atoms with Gasteiger partial charge < -0.3 is 4.98 Å². The molecule has 22 heavy (non-hydrogen) atoms. The van der Waals surface area contributed by atoms with E-state index in [0.29, 0.717) is 24.3 Å². The second-order valence-electron chi connectivity index (χ2n) is 5.54.